The number of amides is 1. The fourth-order valence-corrected chi connectivity index (χ4v) is 2.40. The SMILES string of the molecule is CCCn1cccc1C(=O)NCc1nc2ccccc2[nH]1. The number of aromatic nitrogens is 3. The summed E-state index contributed by atoms with van der Waals surface area (Å²) in [6.07, 6.45) is 2.93. The van der Waals surface area contributed by atoms with E-state index in [-0.39, 0.29) is 5.91 Å². The molecule has 0 bridgehead atoms. The lowest BCUT2D eigenvalue weighted by Gasteiger charge is -2.07. The number of hydrogen-bond donors (Lipinski definition) is 2. The minimum absolute atomic E-state index is 0.0751. The summed E-state index contributed by atoms with van der Waals surface area (Å²) < 4.78 is 1.97. The number of carbonyl (C=O) groups excluding carboxylic acids is 1. The van der Waals surface area contributed by atoms with Crippen molar-refractivity contribution in [3.63, 3.8) is 0 Å². The third-order valence-electron chi connectivity index (χ3n) is 3.38. The second kappa shape index (κ2) is 5.83. The maximum Gasteiger partial charge on any atom is 0.268 e. The first-order valence-electron chi connectivity index (χ1n) is 7.15. The Bertz CT molecular complexity index is 723. The first-order chi connectivity index (χ1) is 10.3. The lowest BCUT2D eigenvalue weighted by Crippen LogP contribution is -2.25. The van der Waals surface area contributed by atoms with Gasteiger partial charge in [0.25, 0.3) is 5.91 Å². The summed E-state index contributed by atoms with van der Waals surface area (Å²) in [6, 6.07) is 11.6. The van der Waals surface area contributed by atoms with Gasteiger partial charge in [-0.3, -0.25) is 4.79 Å². The van der Waals surface area contributed by atoms with Crippen LogP contribution in [0.4, 0.5) is 0 Å². The lowest BCUT2D eigenvalue weighted by atomic mass is 10.3. The molecule has 2 aromatic heterocycles. The zero-order valence-corrected chi connectivity index (χ0v) is 12.0. The van der Waals surface area contributed by atoms with Gasteiger partial charge in [-0.15, -0.1) is 0 Å². The van der Waals surface area contributed by atoms with E-state index in [0.717, 1.165) is 29.8 Å². The molecule has 5 heteroatoms. The molecule has 5 nitrogen and oxygen atoms in total. The van der Waals surface area contributed by atoms with Gasteiger partial charge in [0, 0.05) is 12.7 Å². The van der Waals surface area contributed by atoms with Gasteiger partial charge in [0.15, 0.2) is 0 Å². The fraction of sp³-hybridized carbons (Fsp3) is 0.250. The molecule has 0 aliphatic heterocycles. The summed E-state index contributed by atoms with van der Waals surface area (Å²) >= 11 is 0. The van der Waals surface area contributed by atoms with Gasteiger partial charge >= 0.3 is 0 Å². The van der Waals surface area contributed by atoms with Crippen LogP contribution >= 0.6 is 0 Å². The van der Waals surface area contributed by atoms with Crippen molar-refractivity contribution >= 4 is 16.9 Å². The Balaban J connectivity index is 1.69. The standard InChI is InChI=1S/C16H18N4O/c1-2-9-20-10-5-8-14(20)16(21)17-11-15-18-12-6-3-4-7-13(12)19-15/h3-8,10H,2,9,11H2,1H3,(H,17,21)(H,18,19). The Labute approximate surface area is 123 Å². The highest BCUT2D eigenvalue weighted by molar-refractivity contribution is 5.92. The van der Waals surface area contributed by atoms with Crippen LogP contribution in [0.3, 0.4) is 0 Å². The average Bonchev–Trinajstić information content (AvgIpc) is 3.11. The molecular formula is C16H18N4O. The van der Waals surface area contributed by atoms with Crippen LogP contribution in [0.25, 0.3) is 11.0 Å². The normalized spacial score (nSPS) is 10.9. The number of imidazole rings is 1. The number of rotatable bonds is 5. The van der Waals surface area contributed by atoms with Gasteiger partial charge in [-0.2, -0.15) is 0 Å². The number of nitrogens with zero attached hydrogens (tertiary/aromatic N) is 2. The molecule has 1 amide bonds. The zero-order chi connectivity index (χ0) is 14.7. The van der Waals surface area contributed by atoms with Gasteiger partial charge in [-0.1, -0.05) is 19.1 Å². The van der Waals surface area contributed by atoms with Crippen molar-refractivity contribution in [1.29, 1.82) is 0 Å². The minimum atomic E-state index is -0.0751. The molecule has 0 radical (unpaired) electrons. The topological polar surface area (TPSA) is 62.7 Å². The maximum atomic E-state index is 12.2. The van der Waals surface area contributed by atoms with Crippen molar-refractivity contribution in [2.45, 2.75) is 26.4 Å². The Morgan fingerprint density at radius 1 is 1.29 bits per heavy atom. The van der Waals surface area contributed by atoms with E-state index in [1.807, 2.05) is 47.2 Å². The molecule has 3 rings (SSSR count). The van der Waals surface area contributed by atoms with Crippen LogP contribution in [0.15, 0.2) is 42.6 Å². The molecule has 0 spiro atoms. The number of carbonyl (C=O) groups is 1. The Morgan fingerprint density at radius 2 is 2.14 bits per heavy atom. The number of nitrogens with one attached hydrogen (secondary N) is 2. The van der Waals surface area contributed by atoms with E-state index in [9.17, 15) is 4.79 Å². The Morgan fingerprint density at radius 3 is 2.95 bits per heavy atom. The average molecular weight is 282 g/mol. The molecule has 0 aliphatic carbocycles. The summed E-state index contributed by atoms with van der Waals surface area (Å²) in [5.41, 5.74) is 2.58. The van der Waals surface area contributed by atoms with Gasteiger partial charge < -0.3 is 14.9 Å². The highest BCUT2D eigenvalue weighted by Gasteiger charge is 2.11. The van der Waals surface area contributed by atoms with Gasteiger partial charge in [0.2, 0.25) is 0 Å². The molecule has 21 heavy (non-hydrogen) atoms. The number of para-hydroxylation sites is 2. The van der Waals surface area contributed by atoms with Crippen molar-refractivity contribution in [3.05, 3.63) is 54.1 Å². The van der Waals surface area contributed by atoms with E-state index in [4.69, 9.17) is 0 Å². The van der Waals surface area contributed by atoms with Crippen LogP contribution in [-0.4, -0.2) is 20.4 Å². The smallest absolute Gasteiger partial charge is 0.268 e. The van der Waals surface area contributed by atoms with Gasteiger partial charge in [0.05, 0.1) is 17.6 Å². The first kappa shape index (κ1) is 13.4. The van der Waals surface area contributed by atoms with Crippen molar-refractivity contribution in [2.24, 2.45) is 0 Å². The molecule has 0 aliphatic rings. The zero-order valence-electron chi connectivity index (χ0n) is 12.0. The number of benzene rings is 1. The van der Waals surface area contributed by atoms with Crippen molar-refractivity contribution in [2.75, 3.05) is 0 Å². The second-order valence-corrected chi connectivity index (χ2v) is 4.97. The third kappa shape index (κ3) is 2.81. The van der Waals surface area contributed by atoms with Crippen LogP contribution in [0.5, 0.6) is 0 Å². The minimum Gasteiger partial charge on any atom is -0.344 e. The highest BCUT2D eigenvalue weighted by Crippen LogP contribution is 2.10. The van der Waals surface area contributed by atoms with E-state index < -0.39 is 0 Å². The Kier molecular flexibility index (Phi) is 3.73. The van der Waals surface area contributed by atoms with Crippen LogP contribution < -0.4 is 5.32 Å². The largest absolute Gasteiger partial charge is 0.344 e. The summed E-state index contributed by atoms with van der Waals surface area (Å²) in [5.74, 6) is 0.687. The number of aromatic amines is 1. The number of H-pyrrole nitrogens is 1. The van der Waals surface area contributed by atoms with E-state index >= 15 is 0 Å². The fourth-order valence-electron chi connectivity index (χ4n) is 2.40. The molecule has 0 unspecified atom stereocenters. The van der Waals surface area contributed by atoms with E-state index in [2.05, 4.69) is 22.2 Å². The second-order valence-electron chi connectivity index (χ2n) is 4.97. The van der Waals surface area contributed by atoms with Crippen LogP contribution in [0.1, 0.15) is 29.7 Å². The monoisotopic (exact) mass is 282 g/mol. The molecule has 0 atom stereocenters. The van der Waals surface area contributed by atoms with Crippen molar-refractivity contribution in [3.8, 4) is 0 Å². The molecule has 0 fully saturated rings. The first-order valence-corrected chi connectivity index (χ1v) is 7.15. The molecular weight excluding hydrogens is 264 g/mol. The van der Waals surface area contributed by atoms with Gasteiger partial charge in [-0.25, -0.2) is 4.98 Å². The van der Waals surface area contributed by atoms with Crippen LogP contribution in [0, 0.1) is 0 Å². The van der Waals surface area contributed by atoms with E-state index in [1.165, 1.54) is 0 Å². The highest BCUT2D eigenvalue weighted by atomic mass is 16.1. The Hall–Kier alpha value is -2.56. The predicted octanol–water partition coefficient (Wildman–Crippen LogP) is 2.70. The van der Waals surface area contributed by atoms with E-state index in [1.54, 1.807) is 0 Å². The molecule has 3 aromatic rings. The summed E-state index contributed by atoms with van der Waals surface area (Å²) in [4.78, 5) is 19.9. The summed E-state index contributed by atoms with van der Waals surface area (Å²) in [7, 11) is 0. The molecule has 2 heterocycles. The number of fused-ring (bicyclic) bond motifs is 1. The van der Waals surface area contributed by atoms with E-state index in [0.29, 0.717) is 12.2 Å². The molecule has 2 N–H and O–H groups in total. The number of hydrogen-bond acceptors (Lipinski definition) is 2. The molecule has 0 saturated heterocycles. The van der Waals surface area contributed by atoms with Gasteiger partial charge in [0.1, 0.15) is 11.5 Å². The predicted molar refractivity (Wildman–Crippen MR) is 82.0 cm³/mol. The number of aryl methyl sites for hydroxylation is 1. The summed E-state index contributed by atoms with van der Waals surface area (Å²) in [6.45, 7) is 3.33. The molecule has 1 aromatic carbocycles. The van der Waals surface area contributed by atoms with Gasteiger partial charge in [-0.05, 0) is 30.7 Å². The molecule has 0 saturated carbocycles. The van der Waals surface area contributed by atoms with Crippen molar-refractivity contribution in [1.82, 2.24) is 19.9 Å². The van der Waals surface area contributed by atoms with Crippen LogP contribution in [-0.2, 0) is 13.1 Å². The van der Waals surface area contributed by atoms with Crippen LogP contribution in [0.2, 0.25) is 0 Å². The quantitative estimate of drug-likeness (QED) is 0.755. The maximum absolute atomic E-state index is 12.2. The lowest BCUT2D eigenvalue weighted by molar-refractivity contribution is 0.0940. The molecule has 108 valence electrons. The third-order valence-corrected chi connectivity index (χ3v) is 3.38. The van der Waals surface area contributed by atoms with Crippen molar-refractivity contribution < 1.29 is 4.79 Å². The summed E-state index contributed by atoms with van der Waals surface area (Å²) in [5, 5.41) is 2.91.